The molecule has 0 fully saturated rings. The van der Waals surface area contributed by atoms with E-state index in [1.165, 1.54) is 5.56 Å². The fourth-order valence-corrected chi connectivity index (χ4v) is 2.59. The Labute approximate surface area is 124 Å². The summed E-state index contributed by atoms with van der Waals surface area (Å²) in [4.78, 5) is 0. The SMILES string of the molecule is CCNCCC(C)(C)c1cc(OC)c(Br)cc1OC. The van der Waals surface area contributed by atoms with E-state index in [4.69, 9.17) is 9.47 Å². The largest absolute Gasteiger partial charge is 0.496 e. The Bertz CT molecular complexity index is 419. The van der Waals surface area contributed by atoms with Gasteiger partial charge in [0.05, 0.1) is 18.7 Å². The molecule has 0 bridgehead atoms. The van der Waals surface area contributed by atoms with Crippen LogP contribution in [0.2, 0.25) is 0 Å². The highest BCUT2D eigenvalue weighted by molar-refractivity contribution is 9.10. The van der Waals surface area contributed by atoms with Crippen molar-refractivity contribution in [1.29, 1.82) is 0 Å². The fraction of sp³-hybridized carbons (Fsp3) is 0.600. The molecule has 0 atom stereocenters. The zero-order chi connectivity index (χ0) is 14.5. The first-order chi connectivity index (χ1) is 8.96. The number of hydrogen-bond donors (Lipinski definition) is 1. The third-order valence-electron chi connectivity index (χ3n) is 3.38. The van der Waals surface area contributed by atoms with E-state index >= 15 is 0 Å². The zero-order valence-corrected chi connectivity index (χ0v) is 14.1. The van der Waals surface area contributed by atoms with Crippen LogP contribution < -0.4 is 14.8 Å². The van der Waals surface area contributed by atoms with Gasteiger partial charge in [-0.3, -0.25) is 0 Å². The highest BCUT2D eigenvalue weighted by Crippen LogP contribution is 2.40. The first-order valence-corrected chi connectivity index (χ1v) is 7.38. The number of rotatable bonds is 7. The van der Waals surface area contributed by atoms with E-state index in [0.717, 1.165) is 35.5 Å². The van der Waals surface area contributed by atoms with Crippen LogP contribution in [-0.4, -0.2) is 27.3 Å². The second-order valence-electron chi connectivity index (χ2n) is 5.17. The third kappa shape index (κ3) is 4.11. The van der Waals surface area contributed by atoms with Gasteiger partial charge in [-0.05, 0) is 53.0 Å². The lowest BCUT2D eigenvalue weighted by molar-refractivity contribution is 0.374. The highest BCUT2D eigenvalue weighted by atomic mass is 79.9. The molecule has 0 heterocycles. The van der Waals surface area contributed by atoms with E-state index in [9.17, 15) is 0 Å². The van der Waals surface area contributed by atoms with Gasteiger partial charge in [0.25, 0.3) is 0 Å². The predicted molar refractivity (Wildman–Crippen MR) is 83.4 cm³/mol. The number of halogens is 1. The monoisotopic (exact) mass is 329 g/mol. The van der Waals surface area contributed by atoms with E-state index in [-0.39, 0.29) is 5.41 Å². The van der Waals surface area contributed by atoms with Crippen LogP contribution in [-0.2, 0) is 5.41 Å². The second kappa shape index (κ2) is 7.15. The van der Waals surface area contributed by atoms with Gasteiger partial charge in [0, 0.05) is 5.56 Å². The molecule has 1 rings (SSSR count). The molecule has 0 saturated carbocycles. The van der Waals surface area contributed by atoms with Crippen LogP contribution in [0.5, 0.6) is 11.5 Å². The van der Waals surface area contributed by atoms with Crippen LogP contribution in [0, 0.1) is 0 Å². The van der Waals surface area contributed by atoms with Crippen LogP contribution in [0.3, 0.4) is 0 Å². The van der Waals surface area contributed by atoms with Gasteiger partial charge in [-0.25, -0.2) is 0 Å². The maximum absolute atomic E-state index is 5.51. The molecular weight excluding hydrogens is 306 g/mol. The summed E-state index contributed by atoms with van der Waals surface area (Å²) >= 11 is 3.50. The summed E-state index contributed by atoms with van der Waals surface area (Å²) in [6.07, 6.45) is 1.04. The Kier molecular flexibility index (Phi) is 6.14. The first-order valence-electron chi connectivity index (χ1n) is 6.59. The number of ether oxygens (including phenoxy) is 2. The van der Waals surface area contributed by atoms with Gasteiger partial charge in [0.1, 0.15) is 11.5 Å². The molecule has 1 aromatic carbocycles. The van der Waals surface area contributed by atoms with Gasteiger partial charge in [0.15, 0.2) is 0 Å². The molecule has 108 valence electrons. The standard InChI is InChI=1S/C15H24BrNO2/c1-6-17-8-7-15(2,3)11-9-14(19-5)12(16)10-13(11)18-4/h9-10,17H,6-8H2,1-5H3. The molecule has 0 unspecified atom stereocenters. The molecule has 4 heteroatoms. The van der Waals surface area contributed by atoms with Gasteiger partial charge in [-0.15, -0.1) is 0 Å². The van der Waals surface area contributed by atoms with Crippen molar-refractivity contribution in [3.63, 3.8) is 0 Å². The molecule has 1 aromatic rings. The van der Waals surface area contributed by atoms with Crippen molar-refractivity contribution in [2.45, 2.75) is 32.6 Å². The van der Waals surface area contributed by atoms with Crippen LogP contribution in [0.25, 0.3) is 0 Å². The predicted octanol–water partition coefficient (Wildman–Crippen LogP) is 3.74. The summed E-state index contributed by atoms with van der Waals surface area (Å²) in [5.74, 6) is 1.74. The molecule has 0 aliphatic carbocycles. The second-order valence-corrected chi connectivity index (χ2v) is 6.03. The van der Waals surface area contributed by atoms with E-state index in [2.05, 4.69) is 48.1 Å². The lowest BCUT2D eigenvalue weighted by atomic mass is 9.81. The van der Waals surface area contributed by atoms with Gasteiger partial charge in [-0.1, -0.05) is 20.8 Å². The van der Waals surface area contributed by atoms with Crippen molar-refractivity contribution in [1.82, 2.24) is 5.32 Å². The Balaban J connectivity index is 3.08. The molecule has 0 radical (unpaired) electrons. The number of nitrogens with one attached hydrogen (secondary N) is 1. The van der Waals surface area contributed by atoms with E-state index in [0.29, 0.717) is 0 Å². The van der Waals surface area contributed by atoms with Gasteiger partial charge >= 0.3 is 0 Å². The summed E-state index contributed by atoms with van der Waals surface area (Å²) in [6.45, 7) is 8.57. The van der Waals surface area contributed by atoms with Crippen LogP contribution in [0.1, 0.15) is 32.8 Å². The Morgan fingerprint density at radius 3 is 2.32 bits per heavy atom. The average Bonchev–Trinajstić information content (AvgIpc) is 2.38. The van der Waals surface area contributed by atoms with Crippen molar-refractivity contribution in [3.05, 3.63) is 22.2 Å². The van der Waals surface area contributed by atoms with Crippen molar-refractivity contribution in [2.24, 2.45) is 0 Å². The molecular formula is C15H24BrNO2. The minimum Gasteiger partial charge on any atom is -0.496 e. The summed E-state index contributed by atoms with van der Waals surface area (Å²) in [5.41, 5.74) is 1.20. The maximum atomic E-state index is 5.51. The van der Waals surface area contributed by atoms with E-state index in [1.807, 2.05) is 6.07 Å². The average molecular weight is 330 g/mol. The van der Waals surface area contributed by atoms with Gasteiger partial charge < -0.3 is 14.8 Å². The summed E-state index contributed by atoms with van der Waals surface area (Å²) in [6, 6.07) is 4.04. The van der Waals surface area contributed by atoms with Crippen molar-refractivity contribution in [2.75, 3.05) is 27.3 Å². The van der Waals surface area contributed by atoms with Crippen molar-refractivity contribution < 1.29 is 9.47 Å². The van der Waals surface area contributed by atoms with Crippen LogP contribution in [0.15, 0.2) is 16.6 Å². The molecule has 1 N–H and O–H groups in total. The molecule has 0 saturated heterocycles. The molecule has 0 aliphatic rings. The molecule has 3 nitrogen and oxygen atoms in total. The highest BCUT2D eigenvalue weighted by Gasteiger charge is 2.25. The summed E-state index contributed by atoms with van der Waals surface area (Å²) in [5, 5.41) is 3.37. The Hall–Kier alpha value is -0.740. The van der Waals surface area contributed by atoms with Crippen LogP contribution in [0.4, 0.5) is 0 Å². The van der Waals surface area contributed by atoms with E-state index in [1.54, 1.807) is 14.2 Å². The summed E-state index contributed by atoms with van der Waals surface area (Å²) < 4.78 is 11.8. The lowest BCUT2D eigenvalue weighted by Crippen LogP contribution is -2.26. The molecule has 0 amide bonds. The maximum Gasteiger partial charge on any atom is 0.133 e. The minimum atomic E-state index is 0.0293. The molecule has 19 heavy (non-hydrogen) atoms. The van der Waals surface area contributed by atoms with Gasteiger partial charge in [0.2, 0.25) is 0 Å². The van der Waals surface area contributed by atoms with Crippen LogP contribution >= 0.6 is 15.9 Å². The minimum absolute atomic E-state index is 0.0293. The number of benzene rings is 1. The topological polar surface area (TPSA) is 30.5 Å². The lowest BCUT2D eigenvalue weighted by Gasteiger charge is -2.28. The Morgan fingerprint density at radius 2 is 1.79 bits per heavy atom. The normalized spacial score (nSPS) is 11.5. The number of methoxy groups -OCH3 is 2. The van der Waals surface area contributed by atoms with Crippen molar-refractivity contribution in [3.8, 4) is 11.5 Å². The molecule has 0 spiro atoms. The smallest absolute Gasteiger partial charge is 0.133 e. The first kappa shape index (κ1) is 16.3. The molecule has 0 aliphatic heterocycles. The summed E-state index contributed by atoms with van der Waals surface area (Å²) in [7, 11) is 3.39. The third-order valence-corrected chi connectivity index (χ3v) is 4.00. The zero-order valence-electron chi connectivity index (χ0n) is 12.5. The number of hydrogen-bond acceptors (Lipinski definition) is 3. The van der Waals surface area contributed by atoms with Gasteiger partial charge in [-0.2, -0.15) is 0 Å². The molecule has 0 aromatic heterocycles. The Morgan fingerprint density at radius 1 is 1.16 bits per heavy atom. The quantitative estimate of drug-likeness (QED) is 0.773. The van der Waals surface area contributed by atoms with E-state index < -0.39 is 0 Å². The van der Waals surface area contributed by atoms with Crippen molar-refractivity contribution >= 4 is 15.9 Å². The fourth-order valence-electron chi connectivity index (χ4n) is 2.10.